The third kappa shape index (κ3) is 4.71. The van der Waals surface area contributed by atoms with Crippen LogP contribution in [0.2, 0.25) is 0 Å². The van der Waals surface area contributed by atoms with Gasteiger partial charge in [0.25, 0.3) is 0 Å². The van der Waals surface area contributed by atoms with Crippen LogP contribution < -0.4 is 9.47 Å². The van der Waals surface area contributed by atoms with Gasteiger partial charge in [-0.05, 0) is 61.9 Å². The number of benzene rings is 3. The highest BCUT2D eigenvalue weighted by molar-refractivity contribution is 7.89. The molecule has 2 heterocycles. The molecule has 1 saturated heterocycles. The minimum atomic E-state index is -4.54. The summed E-state index contributed by atoms with van der Waals surface area (Å²) in [5.41, 5.74) is 0.392. The van der Waals surface area contributed by atoms with Crippen LogP contribution in [0.5, 0.6) is 17.2 Å². The Bertz CT molecular complexity index is 1520. The molecular formula is C27H26F3N3O4S. The first-order chi connectivity index (χ1) is 18.0. The Balaban J connectivity index is 1.54. The van der Waals surface area contributed by atoms with E-state index in [1.54, 1.807) is 56.3 Å². The minimum Gasteiger partial charge on any atom is -0.497 e. The first-order valence-electron chi connectivity index (χ1n) is 12.0. The van der Waals surface area contributed by atoms with Crippen LogP contribution in [0.4, 0.5) is 18.9 Å². The lowest BCUT2D eigenvalue weighted by atomic mass is 10.1. The van der Waals surface area contributed by atoms with E-state index in [9.17, 15) is 21.6 Å². The second kappa shape index (κ2) is 9.63. The Labute approximate surface area is 219 Å². The quantitative estimate of drug-likeness (QED) is 0.429. The molecule has 0 unspecified atom stereocenters. The number of amidine groups is 1. The van der Waals surface area contributed by atoms with Gasteiger partial charge in [-0.1, -0.05) is 18.2 Å². The maximum Gasteiger partial charge on any atom is 0.416 e. The van der Waals surface area contributed by atoms with E-state index < -0.39 is 27.8 Å². The van der Waals surface area contributed by atoms with E-state index in [1.807, 2.05) is 4.90 Å². The largest absolute Gasteiger partial charge is 0.497 e. The normalized spacial score (nSPS) is 18.1. The van der Waals surface area contributed by atoms with Gasteiger partial charge in [-0.2, -0.15) is 17.5 Å². The lowest BCUT2D eigenvalue weighted by Gasteiger charge is -2.40. The van der Waals surface area contributed by atoms with E-state index in [2.05, 4.69) is 4.99 Å². The Hall–Kier alpha value is -3.57. The first-order valence-corrected chi connectivity index (χ1v) is 13.4. The maximum atomic E-state index is 13.5. The van der Waals surface area contributed by atoms with Gasteiger partial charge >= 0.3 is 6.18 Å². The van der Waals surface area contributed by atoms with Gasteiger partial charge in [0.05, 0.1) is 23.1 Å². The van der Waals surface area contributed by atoms with Crippen molar-refractivity contribution in [2.45, 2.75) is 31.0 Å². The summed E-state index contributed by atoms with van der Waals surface area (Å²) in [7, 11) is -2.24. The van der Waals surface area contributed by atoms with Crippen molar-refractivity contribution in [2.24, 2.45) is 4.99 Å². The highest BCUT2D eigenvalue weighted by atomic mass is 32.2. The molecule has 2 aliphatic rings. The molecule has 0 saturated carbocycles. The summed E-state index contributed by atoms with van der Waals surface area (Å²) in [5.74, 6) is 1.51. The Morgan fingerprint density at radius 1 is 1.03 bits per heavy atom. The number of aliphatic imine (C=N–C) groups is 1. The van der Waals surface area contributed by atoms with Crippen LogP contribution >= 0.6 is 0 Å². The molecular weight excluding hydrogens is 519 g/mol. The van der Waals surface area contributed by atoms with Crippen molar-refractivity contribution in [2.75, 3.05) is 26.7 Å². The van der Waals surface area contributed by atoms with Gasteiger partial charge in [-0.15, -0.1) is 0 Å². The molecule has 0 aliphatic carbocycles. The average Bonchev–Trinajstić information content (AvgIpc) is 3.04. The molecule has 1 fully saturated rings. The Kier molecular flexibility index (Phi) is 6.60. The standard InChI is InChI=1S/C27H26F3N3O4S/c1-17-6-4-5-7-25(17)38(34,35)33-13-12-32(16-18(33)2)26-21-15-20(36-3)9-11-23(21)37-24-10-8-19(27(28,29)30)14-22(24)31-26/h4-11,14-15,18H,12-13,16H2,1-3H3/t18-/m1/s1. The molecule has 0 bridgehead atoms. The summed E-state index contributed by atoms with van der Waals surface area (Å²) in [5, 5.41) is 0. The SMILES string of the molecule is COc1ccc2c(c1)C(N1CCN(S(=O)(=O)c3ccccc3C)[C@H](C)C1)=Nc1cc(C(F)(F)F)ccc1O2. The van der Waals surface area contributed by atoms with Gasteiger partial charge in [0.2, 0.25) is 10.0 Å². The molecule has 38 heavy (non-hydrogen) atoms. The number of methoxy groups -OCH3 is 1. The topological polar surface area (TPSA) is 71.4 Å². The van der Waals surface area contributed by atoms with E-state index in [0.717, 1.165) is 12.1 Å². The monoisotopic (exact) mass is 545 g/mol. The number of aryl methyl sites for hydroxylation is 1. The smallest absolute Gasteiger partial charge is 0.416 e. The van der Waals surface area contributed by atoms with Crippen LogP contribution in [-0.2, 0) is 16.2 Å². The highest BCUT2D eigenvalue weighted by Crippen LogP contribution is 2.42. The Morgan fingerprint density at radius 3 is 2.45 bits per heavy atom. The van der Waals surface area contributed by atoms with Crippen LogP contribution in [0.25, 0.3) is 0 Å². The molecule has 7 nitrogen and oxygen atoms in total. The lowest BCUT2D eigenvalue weighted by molar-refractivity contribution is -0.137. The molecule has 1 atom stereocenters. The van der Waals surface area contributed by atoms with Crippen LogP contribution in [-0.4, -0.2) is 56.2 Å². The number of hydrogen-bond donors (Lipinski definition) is 0. The number of fused-ring (bicyclic) bond motifs is 2. The van der Waals surface area contributed by atoms with Crippen molar-refractivity contribution in [1.82, 2.24) is 9.21 Å². The zero-order valence-corrected chi connectivity index (χ0v) is 21.8. The number of alkyl halides is 3. The summed E-state index contributed by atoms with van der Waals surface area (Å²) < 4.78 is 80.2. The summed E-state index contributed by atoms with van der Waals surface area (Å²) in [6.07, 6.45) is -4.54. The Morgan fingerprint density at radius 2 is 1.76 bits per heavy atom. The molecule has 11 heteroatoms. The van der Waals surface area contributed by atoms with E-state index >= 15 is 0 Å². The van der Waals surface area contributed by atoms with Gasteiger partial charge in [0, 0.05) is 25.7 Å². The average molecular weight is 546 g/mol. The van der Waals surface area contributed by atoms with Crippen molar-refractivity contribution in [3.63, 3.8) is 0 Å². The molecule has 0 spiro atoms. The van der Waals surface area contributed by atoms with Gasteiger partial charge < -0.3 is 14.4 Å². The summed E-state index contributed by atoms with van der Waals surface area (Å²) in [6.45, 7) is 4.28. The van der Waals surface area contributed by atoms with Crippen LogP contribution in [0, 0.1) is 6.92 Å². The molecule has 5 rings (SSSR count). The van der Waals surface area contributed by atoms with Gasteiger partial charge in [-0.25, -0.2) is 13.4 Å². The van der Waals surface area contributed by atoms with Crippen molar-refractivity contribution in [3.05, 3.63) is 77.4 Å². The van der Waals surface area contributed by atoms with Crippen molar-refractivity contribution >= 4 is 21.5 Å². The number of nitrogens with zero attached hydrogens (tertiary/aromatic N) is 3. The van der Waals surface area contributed by atoms with Gasteiger partial charge in [0.1, 0.15) is 23.0 Å². The zero-order valence-electron chi connectivity index (χ0n) is 21.0. The van der Waals surface area contributed by atoms with Crippen LogP contribution in [0.15, 0.2) is 70.6 Å². The number of ether oxygens (including phenoxy) is 2. The highest BCUT2D eigenvalue weighted by Gasteiger charge is 2.37. The molecule has 3 aromatic carbocycles. The van der Waals surface area contributed by atoms with Crippen molar-refractivity contribution in [3.8, 4) is 17.2 Å². The summed E-state index contributed by atoms with van der Waals surface area (Å²) >= 11 is 0. The second-order valence-corrected chi connectivity index (χ2v) is 11.1. The van der Waals surface area contributed by atoms with Gasteiger partial charge in [-0.3, -0.25) is 0 Å². The molecule has 0 aromatic heterocycles. The number of piperazine rings is 1. The van der Waals surface area contributed by atoms with E-state index in [1.165, 1.54) is 17.5 Å². The number of sulfonamides is 1. The fourth-order valence-electron chi connectivity index (χ4n) is 4.76. The van der Waals surface area contributed by atoms with E-state index in [4.69, 9.17) is 9.47 Å². The number of hydrogen-bond acceptors (Lipinski definition) is 6. The first kappa shape index (κ1) is 26.1. The number of rotatable bonds is 3. The molecule has 0 amide bonds. The summed E-state index contributed by atoms with van der Waals surface area (Å²) in [6, 6.07) is 14.7. The molecule has 2 aliphatic heterocycles. The molecule has 0 radical (unpaired) electrons. The molecule has 200 valence electrons. The van der Waals surface area contributed by atoms with E-state index in [-0.39, 0.29) is 36.0 Å². The van der Waals surface area contributed by atoms with E-state index in [0.29, 0.717) is 28.5 Å². The minimum absolute atomic E-state index is 0.0348. The molecule has 0 N–H and O–H groups in total. The predicted molar refractivity (Wildman–Crippen MR) is 137 cm³/mol. The van der Waals surface area contributed by atoms with Crippen LogP contribution in [0.3, 0.4) is 0 Å². The fraction of sp³-hybridized carbons (Fsp3) is 0.296. The van der Waals surface area contributed by atoms with Crippen molar-refractivity contribution < 1.29 is 31.1 Å². The zero-order chi connectivity index (χ0) is 27.2. The molecule has 3 aromatic rings. The predicted octanol–water partition coefficient (Wildman–Crippen LogP) is 5.60. The fourth-order valence-corrected chi connectivity index (χ4v) is 6.60. The third-order valence-corrected chi connectivity index (χ3v) is 8.88. The summed E-state index contributed by atoms with van der Waals surface area (Å²) in [4.78, 5) is 6.78. The van der Waals surface area contributed by atoms with Crippen molar-refractivity contribution in [1.29, 1.82) is 0 Å². The maximum absolute atomic E-state index is 13.5. The third-order valence-electron chi connectivity index (χ3n) is 6.71. The van der Waals surface area contributed by atoms with Crippen LogP contribution in [0.1, 0.15) is 23.6 Å². The number of halogens is 3. The lowest BCUT2D eigenvalue weighted by Crippen LogP contribution is -2.55. The van der Waals surface area contributed by atoms with Gasteiger partial charge in [0.15, 0.2) is 5.75 Å². The second-order valence-electron chi connectivity index (χ2n) is 9.26.